The summed E-state index contributed by atoms with van der Waals surface area (Å²) < 4.78 is 40.3. The van der Waals surface area contributed by atoms with Crippen LogP contribution in [0.1, 0.15) is 34.5 Å². The van der Waals surface area contributed by atoms with E-state index in [2.05, 4.69) is 10.1 Å². The van der Waals surface area contributed by atoms with Crippen molar-refractivity contribution in [3.63, 3.8) is 0 Å². The number of halogens is 3. The Bertz CT molecular complexity index is 1620. The summed E-state index contributed by atoms with van der Waals surface area (Å²) in [5.41, 5.74) is 9.77. The molecule has 1 unspecified atom stereocenters. The fourth-order valence-corrected chi connectivity index (χ4v) is 4.50. The summed E-state index contributed by atoms with van der Waals surface area (Å²) in [7, 11) is 3.56. The lowest BCUT2D eigenvalue weighted by atomic mass is 9.99. The number of hydrogen-bond acceptors (Lipinski definition) is 4. The second-order valence-electron chi connectivity index (χ2n) is 9.05. The zero-order valence-corrected chi connectivity index (χ0v) is 20.4. The van der Waals surface area contributed by atoms with E-state index < -0.39 is 11.7 Å². The monoisotopic (exact) mass is 503 g/mol. The average molecular weight is 504 g/mol. The smallest absolute Gasteiger partial charge is 0.383 e. The number of hydrogen-bond donors (Lipinski definition) is 1. The van der Waals surface area contributed by atoms with Crippen molar-refractivity contribution in [1.29, 1.82) is 0 Å². The zero-order valence-electron chi connectivity index (χ0n) is 20.4. The molecule has 37 heavy (non-hydrogen) atoms. The van der Waals surface area contributed by atoms with Crippen LogP contribution in [-0.4, -0.2) is 32.6 Å². The Balaban J connectivity index is 1.39. The van der Waals surface area contributed by atoms with Crippen LogP contribution in [0, 0.1) is 0 Å². The number of nitrogens with two attached hydrogens (primary N) is 1. The van der Waals surface area contributed by atoms with Gasteiger partial charge in [0.1, 0.15) is 5.82 Å². The summed E-state index contributed by atoms with van der Waals surface area (Å²) in [6.45, 7) is 1.92. The Kier molecular flexibility index (Phi) is 5.86. The van der Waals surface area contributed by atoms with Crippen LogP contribution < -0.4 is 5.73 Å². The minimum Gasteiger partial charge on any atom is -0.383 e. The van der Waals surface area contributed by atoms with Crippen molar-refractivity contribution in [2.45, 2.75) is 19.1 Å². The molecule has 3 aromatic carbocycles. The highest BCUT2D eigenvalue weighted by Crippen LogP contribution is 2.32. The van der Waals surface area contributed by atoms with Gasteiger partial charge in [-0.3, -0.25) is 9.48 Å². The van der Waals surface area contributed by atoms with Gasteiger partial charge in [0.25, 0.3) is 5.91 Å². The number of alkyl halides is 3. The molecule has 9 heteroatoms. The molecule has 0 aliphatic heterocycles. The maximum atomic E-state index is 13.4. The van der Waals surface area contributed by atoms with Crippen LogP contribution in [0.2, 0.25) is 0 Å². The molecule has 0 saturated heterocycles. The molecular weight excluding hydrogens is 479 g/mol. The van der Waals surface area contributed by atoms with Crippen LogP contribution in [0.5, 0.6) is 0 Å². The molecular formula is C28H24F3N5O. The molecule has 2 aromatic heterocycles. The molecule has 2 heterocycles. The molecule has 2 N–H and O–H groups in total. The quantitative estimate of drug-likeness (QED) is 0.316. The van der Waals surface area contributed by atoms with Gasteiger partial charge in [-0.15, -0.1) is 0 Å². The van der Waals surface area contributed by atoms with E-state index in [4.69, 9.17) is 5.73 Å². The standard InChI is InChI=1S/C28H24F3N5O/c1-16(17-4-6-18(7-5-17)19-8-11-21(12-9-19)28(29,30)31)35(2)27(37)20-10-13-24-22(14-20)25-23(26(32)34-24)15-33-36(25)3/h4-16H,1-3H3,(H2,32,34). The number of benzene rings is 3. The van der Waals surface area contributed by atoms with Crippen LogP contribution in [-0.2, 0) is 13.2 Å². The second-order valence-corrected chi connectivity index (χ2v) is 9.05. The Morgan fingerprint density at radius 3 is 2.22 bits per heavy atom. The number of nitrogens with zero attached hydrogens (tertiary/aromatic N) is 4. The molecule has 188 valence electrons. The third kappa shape index (κ3) is 4.37. The summed E-state index contributed by atoms with van der Waals surface area (Å²) in [4.78, 5) is 19.5. The Labute approximate surface area is 211 Å². The first kappa shape index (κ1) is 24.3. The van der Waals surface area contributed by atoms with Crippen molar-refractivity contribution >= 4 is 33.5 Å². The number of pyridine rings is 1. The molecule has 0 bridgehead atoms. The number of anilines is 1. The van der Waals surface area contributed by atoms with Crippen molar-refractivity contribution in [2.75, 3.05) is 12.8 Å². The lowest BCUT2D eigenvalue weighted by Crippen LogP contribution is -2.29. The molecule has 0 aliphatic carbocycles. The van der Waals surface area contributed by atoms with Gasteiger partial charge in [-0.05, 0) is 53.9 Å². The summed E-state index contributed by atoms with van der Waals surface area (Å²) >= 11 is 0. The number of rotatable bonds is 4. The van der Waals surface area contributed by atoms with Gasteiger partial charge in [0.2, 0.25) is 0 Å². The first-order chi connectivity index (χ1) is 17.5. The first-order valence-electron chi connectivity index (χ1n) is 11.6. The molecule has 0 radical (unpaired) electrons. The zero-order chi connectivity index (χ0) is 26.5. The van der Waals surface area contributed by atoms with Crippen LogP contribution in [0.15, 0.2) is 72.9 Å². The normalized spacial score (nSPS) is 12.7. The van der Waals surface area contributed by atoms with Crippen LogP contribution in [0.3, 0.4) is 0 Å². The van der Waals surface area contributed by atoms with E-state index in [1.54, 1.807) is 35.0 Å². The SMILES string of the molecule is CC(c1ccc(-c2ccc(C(F)(F)F)cc2)cc1)N(C)C(=O)c1ccc2nc(N)c3cnn(C)c3c2c1. The number of fused-ring (bicyclic) bond motifs is 3. The first-order valence-corrected chi connectivity index (χ1v) is 11.6. The van der Waals surface area contributed by atoms with E-state index in [9.17, 15) is 18.0 Å². The topological polar surface area (TPSA) is 77.0 Å². The van der Waals surface area contributed by atoms with E-state index in [0.717, 1.165) is 39.5 Å². The number of carbonyl (C=O) groups excluding carboxylic acids is 1. The number of nitrogen functional groups attached to an aromatic ring is 1. The molecule has 6 nitrogen and oxygen atoms in total. The van der Waals surface area contributed by atoms with Gasteiger partial charge in [-0.1, -0.05) is 36.4 Å². The summed E-state index contributed by atoms with van der Waals surface area (Å²) in [6, 6.07) is 17.6. The molecule has 1 amide bonds. The third-order valence-electron chi connectivity index (χ3n) is 6.79. The van der Waals surface area contributed by atoms with Gasteiger partial charge in [-0.2, -0.15) is 18.3 Å². The molecule has 0 fully saturated rings. The third-order valence-corrected chi connectivity index (χ3v) is 6.79. The minimum absolute atomic E-state index is 0.159. The van der Waals surface area contributed by atoms with E-state index in [1.807, 2.05) is 44.3 Å². The van der Waals surface area contributed by atoms with Crippen LogP contribution in [0.25, 0.3) is 32.9 Å². The van der Waals surface area contributed by atoms with Crippen molar-refractivity contribution in [3.8, 4) is 11.1 Å². The lowest BCUT2D eigenvalue weighted by Gasteiger charge is -2.26. The van der Waals surface area contributed by atoms with Crippen molar-refractivity contribution in [1.82, 2.24) is 19.7 Å². The minimum atomic E-state index is -4.37. The van der Waals surface area contributed by atoms with Gasteiger partial charge in [0, 0.05) is 25.0 Å². The van der Waals surface area contributed by atoms with E-state index in [0.29, 0.717) is 22.5 Å². The molecule has 0 aliphatic rings. The van der Waals surface area contributed by atoms with Crippen LogP contribution >= 0.6 is 0 Å². The summed E-state index contributed by atoms with van der Waals surface area (Å²) in [5.74, 6) is 0.230. The lowest BCUT2D eigenvalue weighted by molar-refractivity contribution is -0.137. The predicted molar refractivity (Wildman–Crippen MR) is 138 cm³/mol. The number of amides is 1. The number of carbonyl (C=O) groups is 1. The molecule has 1 atom stereocenters. The molecule has 0 saturated carbocycles. The van der Waals surface area contributed by atoms with E-state index in [1.165, 1.54) is 12.1 Å². The van der Waals surface area contributed by atoms with Crippen molar-refractivity contribution in [2.24, 2.45) is 7.05 Å². The Hall–Kier alpha value is -4.40. The molecule has 5 aromatic rings. The van der Waals surface area contributed by atoms with Crippen LogP contribution in [0.4, 0.5) is 19.0 Å². The Morgan fingerprint density at radius 2 is 1.59 bits per heavy atom. The highest BCUT2D eigenvalue weighted by atomic mass is 19.4. The van der Waals surface area contributed by atoms with Gasteiger partial charge < -0.3 is 10.6 Å². The average Bonchev–Trinajstić information content (AvgIpc) is 3.29. The highest BCUT2D eigenvalue weighted by Gasteiger charge is 2.30. The van der Waals surface area contributed by atoms with Gasteiger partial charge in [0.05, 0.1) is 34.2 Å². The van der Waals surface area contributed by atoms with E-state index >= 15 is 0 Å². The van der Waals surface area contributed by atoms with E-state index in [-0.39, 0.29) is 11.9 Å². The predicted octanol–water partition coefficient (Wildman–Crippen LogP) is 6.22. The van der Waals surface area contributed by atoms with Gasteiger partial charge in [0.15, 0.2) is 0 Å². The second kappa shape index (κ2) is 8.92. The molecule has 5 rings (SSSR count). The summed E-state index contributed by atoms with van der Waals surface area (Å²) in [5, 5.41) is 5.80. The fraction of sp³-hybridized carbons (Fsp3) is 0.179. The molecule has 0 spiro atoms. The van der Waals surface area contributed by atoms with Gasteiger partial charge in [-0.25, -0.2) is 4.98 Å². The fourth-order valence-electron chi connectivity index (χ4n) is 4.50. The van der Waals surface area contributed by atoms with Crippen molar-refractivity contribution < 1.29 is 18.0 Å². The maximum absolute atomic E-state index is 13.4. The Morgan fingerprint density at radius 1 is 0.973 bits per heavy atom. The van der Waals surface area contributed by atoms with Gasteiger partial charge >= 0.3 is 6.18 Å². The number of aromatic nitrogens is 3. The number of aryl methyl sites for hydroxylation is 1. The maximum Gasteiger partial charge on any atom is 0.416 e. The largest absolute Gasteiger partial charge is 0.416 e. The highest BCUT2D eigenvalue weighted by molar-refractivity contribution is 6.10. The summed E-state index contributed by atoms with van der Waals surface area (Å²) in [6.07, 6.45) is -2.71. The van der Waals surface area contributed by atoms with Crippen molar-refractivity contribution in [3.05, 3.63) is 89.6 Å².